The number of fused-ring (bicyclic) bond motifs is 1. The Hall–Kier alpha value is -5.51. The Morgan fingerprint density at radius 2 is 1.40 bits per heavy atom. The molecule has 0 bridgehead atoms. The molecule has 3 N–H and O–H groups in total. The summed E-state index contributed by atoms with van der Waals surface area (Å²) in [6, 6.07) is 37.6. The van der Waals surface area contributed by atoms with E-state index in [9.17, 15) is 14.4 Å². The molecule has 6 rings (SSSR count). The SMILES string of the molecule is O=C(Nc1cccc(SC(C(=O)Nc2ccc3c(c2)OCCO3)c2ccccc2)c1)/C(=C\c1ccccc1Cl)NC(=O)c1ccccc1. The highest BCUT2D eigenvalue weighted by atomic mass is 35.5. The first kappa shape index (κ1) is 32.4. The van der Waals surface area contributed by atoms with E-state index >= 15 is 0 Å². The molecule has 48 heavy (non-hydrogen) atoms. The monoisotopic (exact) mass is 675 g/mol. The highest BCUT2D eigenvalue weighted by Crippen LogP contribution is 2.38. The first-order valence-electron chi connectivity index (χ1n) is 15.1. The quantitative estimate of drug-likeness (QED) is 0.102. The van der Waals surface area contributed by atoms with Crippen LogP contribution in [0.1, 0.15) is 26.7 Å². The van der Waals surface area contributed by atoms with E-state index in [1.54, 1.807) is 91.0 Å². The van der Waals surface area contributed by atoms with Crippen LogP contribution >= 0.6 is 23.4 Å². The predicted octanol–water partition coefficient (Wildman–Crippen LogP) is 7.99. The third-order valence-electron chi connectivity index (χ3n) is 7.23. The molecule has 5 aromatic rings. The second-order valence-electron chi connectivity index (χ2n) is 10.6. The molecule has 1 atom stereocenters. The van der Waals surface area contributed by atoms with E-state index < -0.39 is 17.1 Å². The van der Waals surface area contributed by atoms with E-state index in [-0.39, 0.29) is 11.6 Å². The van der Waals surface area contributed by atoms with Crippen LogP contribution in [0.15, 0.2) is 138 Å². The molecule has 5 aromatic carbocycles. The number of thioether (sulfide) groups is 1. The van der Waals surface area contributed by atoms with Crippen molar-refractivity contribution in [3.8, 4) is 11.5 Å². The summed E-state index contributed by atoms with van der Waals surface area (Å²) in [5.74, 6) is -0.00258. The minimum absolute atomic E-state index is 0.0102. The standard InChI is InChI=1S/C38H30ClN3O5S/c39-31-17-8-7-14-27(31)22-32(42-36(43)26-12-5-2-6-13-26)37(44)40-28-15-9-16-30(23-28)48-35(25-10-3-1-4-11-25)38(45)41-29-18-19-33-34(24-29)47-21-20-46-33/h1-19,22-24,35H,20-21H2,(H,40,44)(H,41,45)(H,42,43)/b32-22+. The number of amides is 3. The van der Waals surface area contributed by atoms with Gasteiger partial charge in [-0.15, -0.1) is 11.8 Å². The van der Waals surface area contributed by atoms with Crippen molar-refractivity contribution in [1.29, 1.82) is 0 Å². The molecule has 0 spiro atoms. The number of carbonyl (C=O) groups is 3. The number of nitrogens with one attached hydrogen (secondary N) is 3. The van der Waals surface area contributed by atoms with Gasteiger partial charge in [-0.05, 0) is 65.7 Å². The lowest BCUT2D eigenvalue weighted by Gasteiger charge is -2.20. The Kier molecular flexibility index (Phi) is 10.4. The smallest absolute Gasteiger partial charge is 0.272 e. The number of hydrogen-bond acceptors (Lipinski definition) is 6. The van der Waals surface area contributed by atoms with Crippen molar-refractivity contribution >= 4 is 58.5 Å². The van der Waals surface area contributed by atoms with Crippen molar-refractivity contribution in [3.63, 3.8) is 0 Å². The largest absolute Gasteiger partial charge is 0.486 e. The van der Waals surface area contributed by atoms with Crippen LogP contribution in [-0.2, 0) is 9.59 Å². The fraction of sp³-hybridized carbons (Fsp3) is 0.0789. The Bertz CT molecular complexity index is 1970. The predicted molar refractivity (Wildman–Crippen MR) is 190 cm³/mol. The number of ether oxygens (including phenoxy) is 2. The minimum atomic E-state index is -0.619. The highest BCUT2D eigenvalue weighted by Gasteiger charge is 2.24. The van der Waals surface area contributed by atoms with Gasteiger partial charge in [0.1, 0.15) is 24.2 Å². The van der Waals surface area contributed by atoms with Crippen LogP contribution in [0, 0.1) is 0 Å². The summed E-state index contributed by atoms with van der Waals surface area (Å²) in [7, 11) is 0. The van der Waals surface area contributed by atoms with Gasteiger partial charge < -0.3 is 25.4 Å². The maximum absolute atomic E-state index is 13.7. The van der Waals surface area contributed by atoms with Gasteiger partial charge in [0, 0.05) is 32.9 Å². The summed E-state index contributed by atoms with van der Waals surface area (Å²) in [4.78, 5) is 41.1. The Morgan fingerprint density at radius 1 is 0.708 bits per heavy atom. The Morgan fingerprint density at radius 3 is 2.17 bits per heavy atom. The van der Waals surface area contributed by atoms with Crippen molar-refractivity contribution in [2.45, 2.75) is 10.1 Å². The van der Waals surface area contributed by atoms with Crippen LogP contribution < -0.4 is 25.4 Å². The van der Waals surface area contributed by atoms with E-state index in [2.05, 4.69) is 16.0 Å². The summed E-state index contributed by atoms with van der Waals surface area (Å²) in [6.45, 7) is 0.919. The lowest BCUT2D eigenvalue weighted by atomic mass is 10.1. The lowest BCUT2D eigenvalue weighted by molar-refractivity contribution is -0.116. The minimum Gasteiger partial charge on any atom is -0.486 e. The van der Waals surface area contributed by atoms with E-state index in [4.69, 9.17) is 21.1 Å². The van der Waals surface area contributed by atoms with Crippen LogP contribution in [-0.4, -0.2) is 30.9 Å². The number of anilines is 2. The zero-order valence-electron chi connectivity index (χ0n) is 25.5. The molecule has 10 heteroatoms. The first-order chi connectivity index (χ1) is 23.4. The van der Waals surface area contributed by atoms with Gasteiger partial charge in [-0.3, -0.25) is 14.4 Å². The summed E-state index contributed by atoms with van der Waals surface area (Å²) >= 11 is 7.72. The van der Waals surface area contributed by atoms with Crippen molar-refractivity contribution in [2.24, 2.45) is 0 Å². The van der Waals surface area contributed by atoms with Gasteiger partial charge in [0.05, 0.1) is 0 Å². The van der Waals surface area contributed by atoms with Gasteiger partial charge in [0.15, 0.2) is 11.5 Å². The van der Waals surface area contributed by atoms with Crippen molar-refractivity contribution in [1.82, 2.24) is 5.32 Å². The average Bonchev–Trinajstić information content (AvgIpc) is 3.12. The molecular formula is C38H30ClN3O5S. The van der Waals surface area contributed by atoms with E-state index in [1.807, 2.05) is 36.4 Å². The van der Waals surface area contributed by atoms with Crippen molar-refractivity contribution in [3.05, 3.63) is 155 Å². The maximum atomic E-state index is 13.7. The van der Waals surface area contributed by atoms with Gasteiger partial charge in [-0.2, -0.15) is 0 Å². The third-order valence-corrected chi connectivity index (χ3v) is 8.82. The Labute approximate surface area is 287 Å². The number of halogens is 1. The lowest BCUT2D eigenvalue weighted by Crippen LogP contribution is -2.30. The summed E-state index contributed by atoms with van der Waals surface area (Å²) < 4.78 is 11.3. The first-order valence-corrected chi connectivity index (χ1v) is 16.3. The molecule has 1 aliphatic rings. The number of hydrogen-bond donors (Lipinski definition) is 3. The average molecular weight is 676 g/mol. The summed E-state index contributed by atoms with van der Waals surface area (Å²) in [6.07, 6.45) is 1.53. The molecule has 1 unspecified atom stereocenters. The molecule has 0 aromatic heterocycles. The number of rotatable bonds is 10. The van der Waals surface area contributed by atoms with E-state index in [1.165, 1.54) is 17.8 Å². The molecule has 0 radical (unpaired) electrons. The summed E-state index contributed by atoms with van der Waals surface area (Å²) in [5.41, 5.74) is 2.84. The highest BCUT2D eigenvalue weighted by molar-refractivity contribution is 8.00. The molecule has 1 aliphatic heterocycles. The van der Waals surface area contributed by atoms with Crippen molar-refractivity contribution < 1.29 is 23.9 Å². The van der Waals surface area contributed by atoms with Crippen molar-refractivity contribution in [2.75, 3.05) is 23.8 Å². The molecule has 0 fully saturated rings. The van der Waals surface area contributed by atoms with Gasteiger partial charge in [0.2, 0.25) is 5.91 Å². The third kappa shape index (κ3) is 8.25. The molecular weight excluding hydrogens is 646 g/mol. The van der Waals surface area contributed by atoms with Crippen LogP contribution in [0.5, 0.6) is 11.5 Å². The second kappa shape index (κ2) is 15.4. The van der Waals surface area contributed by atoms with E-state index in [0.29, 0.717) is 52.2 Å². The molecule has 0 aliphatic carbocycles. The van der Waals surface area contributed by atoms with E-state index in [0.717, 1.165) is 10.5 Å². The molecule has 0 saturated heterocycles. The molecule has 1 heterocycles. The molecule has 0 saturated carbocycles. The maximum Gasteiger partial charge on any atom is 0.272 e. The van der Waals surface area contributed by atoms with Gasteiger partial charge in [0.25, 0.3) is 11.8 Å². The summed E-state index contributed by atoms with van der Waals surface area (Å²) in [5, 5.41) is 8.43. The second-order valence-corrected chi connectivity index (χ2v) is 12.2. The van der Waals surface area contributed by atoms with Gasteiger partial charge in [-0.1, -0.05) is 84.4 Å². The van der Waals surface area contributed by atoms with Crippen LogP contribution in [0.4, 0.5) is 11.4 Å². The fourth-order valence-corrected chi connectivity index (χ4v) is 6.18. The zero-order chi connectivity index (χ0) is 33.3. The number of carbonyl (C=O) groups excluding carboxylic acids is 3. The number of benzene rings is 5. The fourth-order valence-electron chi connectivity index (χ4n) is 4.90. The topological polar surface area (TPSA) is 106 Å². The normalized spacial score (nSPS) is 12.8. The van der Waals surface area contributed by atoms with Gasteiger partial charge in [-0.25, -0.2) is 0 Å². The van der Waals surface area contributed by atoms with Gasteiger partial charge >= 0.3 is 0 Å². The van der Waals surface area contributed by atoms with Crippen LogP contribution in [0.25, 0.3) is 6.08 Å². The molecule has 3 amide bonds. The molecule has 240 valence electrons. The van der Waals surface area contributed by atoms with Crippen LogP contribution in [0.2, 0.25) is 5.02 Å². The zero-order valence-corrected chi connectivity index (χ0v) is 27.1. The van der Waals surface area contributed by atoms with Crippen LogP contribution in [0.3, 0.4) is 0 Å². The Balaban J connectivity index is 1.22. The molecule has 8 nitrogen and oxygen atoms in total.